The number of hydrogen-bond donors (Lipinski definition) is 1. The molecule has 1 aromatic heterocycles. The van der Waals surface area contributed by atoms with Crippen LogP contribution in [0, 0.1) is 5.82 Å². The molecule has 1 aliphatic heterocycles. The van der Waals surface area contributed by atoms with Crippen LogP contribution in [-0.4, -0.2) is 60.8 Å². The molecule has 0 radical (unpaired) electrons. The van der Waals surface area contributed by atoms with Gasteiger partial charge in [0.1, 0.15) is 15.7 Å². The van der Waals surface area contributed by atoms with E-state index in [2.05, 4.69) is 10.3 Å². The van der Waals surface area contributed by atoms with Gasteiger partial charge in [-0.2, -0.15) is 0 Å². The average Bonchev–Trinajstić information content (AvgIpc) is 3.18. The summed E-state index contributed by atoms with van der Waals surface area (Å²) in [6.45, 7) is 1.37. The van der Waals surface area contributed by atoms with Crippen LogP contribution < -0.4 is 5.32 Å². The predicted molar refractivity (Wildman–Crippen MR) is 101 cm³/mol. The van der Waals surface area contributed by atoms with Gasteiger partial charge in [-0.1, -0.05) is 0 Å². The number of likely N-dealkylation sites (N-methyl/N-ethyl adjacent to an activating group) is 2. The zero-order valence-corrected chi connectivity index (χ0v) is 15.6. The zero-order valence-electron chi connectivity index (χ0n) is 14.7. The normalized spacial score (nSPS) is 14.7. The van der Waals surface area contributed by atoms with Crippen LogP contribution in [0.4, 0.5) is 10.1 Å². The molecule has 26 heavy (non-hydrogen) atoms. The average molecular weight is 374 g/mol. The second-order valence-electron chi connectivity index (χ2n) is 6.29. The number of rotatable bonds is 5. The Labute approximate surface area is 154 Å². The van der Waals surface area contributed by atoms with Crippen molar-refractivity contribution in [2.45, 2.75) is 0 Å². The molecule has 2 heterocycles. The van der Waals surface area contributed by atoms with Crippen molar-refractivity contribution in [3.8, 4) is 0 Å². The van der Waals surface area contributed by atoms with E-state index in [-0.39, 0.29) is 11.8 Å². The molecule has 0 bridgehead atoms. The monoisotopic (exact) mass is 374 g/mol. The molecule has 1 aliphatic rings. The van der Waals surface area contributed by atoms with Crippen molar-refractivity contribution >= 4 is 40.5 Å². The van der Waals surface area contributed by atoms with E-state index in [0.29, 0.717) is 33.3 Å². The quantitative estimate of drug-likeness (QED) is 0.817. The molecule has 0 saturated heterocycles. The molecule has 1 aromatic carbocycles. The molecule has 8 heteroatoms. The maximum atomic E-state index is 13.5. The lowest BCUT2D eigenvalue weighted by Gasteiger charge is -2.18. The third kappa shape index (κ3) is 3.81. The van der Waals surface area contributed by atoms with E-state index in [1.807, 2.05) is 19.0 Å². The number of carbonyl (C=O) groups is 2. The molecular weight excluding hydrogens is 355 g/mol. The fourth-order valence-corrected chi connectivity index (χ4v) is 3.38. The number of fused-ring (bicyclic) bond motifs is 1. The summed E-state index contributed by atoms with van der Waals surface area (Å²) >= 11 is 1.21. The Morgan fingerprint density at radius 3 is 2.81 bits per heavy atom. The molecule has 0 saturated carbocycles. The summed E-state index contributed by atoms with van der Waals surface area (Å²) < 4.78 is 13.5. The van der Waals surface area contributed by atoms with E-state index in [1.54, 1.807) is 18.0 Å². The van der Waals surface area contributed by atoms with Crippen LogP contribution >= 0.6 is 11.3 Å². The van der Waals surface area contributed by atoms with Gasteiger partial charge in [-0.25, -0.2) is 9.37 Å². The van der Waals surface area contributed by atoms with Crippen molar-refractivity contribution in [3.05, 3.63) is 45.7 Å². The number of thiazole rings is 1. The van der Waals surface area contributed by atoms with Crippen LogP contribution in [0.5, 0.6) is 0 Å². The molecule has 0 aliphatic carbocycles. The van der Waals surface area contributed by atoms with Gasteiger partial charge < -0.3 is 15.1 Å². The Hall–Kier alpha value is -2.58. The fourth-order valence-electron chi connectivity index (χ4n) is 2.52. The maximum absolute atomic E-state index is 13.5. The summed E-state index contributed by atoms with van der Waals surface area (Å²) in [5.41, 5.74) is 1.41. The van der Waals surface area contributed by atoms with Gasteiger partial charge in [0.05, 0.1) is 11.8 Å². The number of carbonyl (C=O) groups excluding carboxylic acids is 2. The van der Waals surface area contributed by atoms with Crippen molar-refractivity contribution in [1.82, 2.24) is 14.8 Å². The van der Waals surface area contributed by atoms with Crippen LogP contribution in [-0.2, 0) is 4.79 Å². The first-order valence-electron chi connectivity index (χ1n) is 8.04. The molecule has 1 N–H and O–H groups in total. The lowest BCUT2D eigenvalue weighted by molar-refractivity contribution is -0.110. The molecule has 2 amide bonds. The van der Waals surface area contributed by atoms with E-state index in [0.717, 1.165) is 6.54 Å². The van der Waals surface area contributed by atoms with Crippen LogP contribution in [0.15, 0.2) is 24.4 Å². The number of amides is 2. The van der Waals surface area contributed by atoms with Gasteiger partial charge in [0.2, 0.25) is 0 Å². The summed E-state index contributed by atoms with van der Waals surface area (Å²) in [4.78, 5) is 32.9. The minimum absolute atomic E-state index is 0.115. The molecule has 2 aromatic rings. The SMILES string of the molecule is CN(C)CCN(C)C(=O)c1cnc(/C=C2\C(=O)Nc3ccc(F)cc32)s1. The molecular formula is C18H19FN4O2S. The second kappa shape index (κ2) is 7.35. The molecule has 3 rings (SSSR count). The van der Waals surface area contributed by atoms with Gasteiger partial charge in [0.25, 0.3) is 11.8 Å². The van der Waals surface area contributed by atoms with Crippen LogP contribution in [0.25, 0.3) is 11.6 Å². The first kappa shape index (κ1) is 18.2. The first-order valence-corrected chi connectivity index (χ1v) is 8.86. The van der Waals surface area contributed by atoms with Crippen LogP contribution in [0.3, 0.4) is 0 Å². The summed E-state index contributed by atoms with van der Waals surface area (Å²) in [5, 5.41) is 3.22. The van der Waals surface area contributed by atoms with Gasteiger partial charge >= 0.3 is 0 Å². The Kier molecular flexibility index (Phi) is 5.15. The van der Waals surface area contributed by atoms with Crippen molar-refractivity contribution in [2.24, 2.45) is 0 Å². The van der Waals surface area contributed by atoms with E-state index < -0.39 is 5.82 Å². The molecule has 0 spiro atoms. The number of anilines is 1. The minimum Gasteiger partial charge on any atom is -0.340 e. The van der Waals surface area contributed by atoms with Gasteiger partial charge in [0.15, 0.2) is 0 Å². The molecule has 0 atom stereocenters. The third-order valence-electron chi connectivity index (χ3n) is 4.00. The van der Waals surface area contributed by atoms with Gasteiger partial charge in [0, 0.05) is 31.4 Å². The van der Waals surface area contributed by atoms with E-state index in [1.165, 1.54) is 35.7 Å². The van der Waals surface area contributed by atoms with Crippen molar-refractivity contribution in [3.63, 3.8) is 0 Å². The molecule has 136 valence electrons. The largest absolute Gasteiger partial charge is 0.340 e. The number of hydrogen-bond acceptors (Lipinski definition) is 5. The van der Waals surface area contributed by atoms with Gasteiger partial charge in [-0.3, -0.25) is 9.59 Å². The highest BCUT2D eigenvalue weighted by molar-refractivity contribution is 7.14. The van der Waals surface area contributed by atoms with E-state index in [4.69, 9.17) is 0 Å². The van der Waals surface area contributed by atoms with Crippen molar-refractivity contribution in [1.29, 1.82) is 0 Å². The smallest absolute Gasteiger partial charge is 0.265 e. The first-order chi connectivity index (χ1) is 12.3. The highest BCUT2D eigenvalue weighted by Gasteiger charge is 2.25. The summed E-state index contributed by atoms with van der Waals surface area (Å²) in [5.74, 6) is -0.836. The predicted octanol–water partition coefficient (Wildman–Crippen LogP) is 2.41. The Morgan fingerprint density at radius 1 is 1.31 bits per heavy atom. The summed E-state index contributed by atoms with van der Waals surface area (Å²) in [7, 11) is 5.64. The lowest BCUT2D eigenvalue weighted by Crippen LogP contribution is -2.33. The number of aromatic nitrogens is 1. The Morgan fingerprint density at radius 2 is 2.08 bits per heavy atom. The molecule has 0 unspecified atom stereocenters. The topological polar surface area (TPSA) is 65.5 Å². The standard InChI is InChI=1S/C18H19FN4O2S/c1-22(2)6-7-23(3)18(25)15-10-20-16(26-15)9-13-12-8-11(19)4-5-14(12)21-17(13)24/h4-5,8-10H,6-7H2,1-3H3,(H,21,24)/b13-9-. The highest BCUT2D eigenvalue weighted by atomic mass is 32.1. The number of nitrogens with one attached hydrogen (secondary N) is 1. The Bertz CT molecular complexity index is 891. The number of halogens is 1. The van der Waals surface area contributed by atoms with Gasteiger partial charge in [-0.05, 0) is 38.4 Å². The maximum Gasteiger partial charge on any atom is 0.265 e. The third-order valence-corrected chi connectivity index (χ3v) is 4.93. The zero-order chi connectivity index (χ0) is 18.8. The highest BCUT2D eigenvalue weighted by Crippen LogP contribution is 2.34. The second-order valence-corrected chi connectivity index (χ2v) is 7.36. The van der Waals surface area contributed by atoms with E-state index >= 15 is 0 Å². The number of nitrogens with zero attached hydrogens (tertiary/aromatic N) is 3. The Balaban J connectivity index is 1.81. The molecule has 0 fully saturated rings. The van der Waals surface area contributed by atoms with Crippen molar-refractivity contribution < 1.29 is 14.0 Å². The summed E-state index contributed by atoms with van der Waals surface area (Å²) in [6.07, 6.45) is 3.09. The molecule has 6 nitrogen and oxygen atoms in total. The van der Waals surface area contributed by atoms with Crippen LogP contribution in [0.1, 0.15) is 20.2 Å². The minimum atomic E-state index is -0.413. The van der Waals surface area contributed by atoms with Gasteiger partial charge in [-0.15, -0.1) is 11.3 Å². The summed E-state index contributed by atoms with van der Waals surface area (Å²) in [6, 6.07) is 4.14. The van der Waals surface area contributed by atoms with Crippen molar-refractivity contribution in [2.75, 3.05) is 39.5 Å². The van der Waals surface area contributed by atoms with E-state index in [9.17, 15) is 14.0 Å². The lowest BCUT2D eigenvalue weighted by atomic mass is 10.1. The van der Waals surface area contributed by atoms with Crippen LogP contribution in [0.2, 0.25) is 0 Å². The fraction of sp³-hybridized carbons (Fsp3) is 0.278. The number of benzene rings is 1.